The highest BCUT2D eigenvalue weighted by molar-refractivity contribution is 5.16. The molecule has 3 nitrogen and oxygen atoms in total. The van der Waals surface area contributed by atoms with Gasteiger partial charge in [0.05, 0.1) is 25.1 Å². The van der Waals surface area contributed by atoms with Gasteiger partial charge in [0.25, 0.3) is 0 Å². The maximum Gasteiger partial charge on any atom is 0.0911 e. The van der Waals surface area contributed by atoms with E-state index in [1.54, 1.807) is 6.26 Å². The van der Waals surface area contributed by atoms with Crippen LogP contribution < -0.4 is 0 Å². The minimum absolute atomic E-state index is 0.232. The molecule has 2 aliphatic heterocycles. The third kappa shape index (κ3) is 1.79. The van der Waals surface area contributed by atoms with Gasteiger partial charge in [-0.3, -0.25) is 0 Å². The molecule has 2 aliphatic rings. The van der Waals surface area contributed by atoms with Crippen molar-refractivity contribution in [3.05, 3.63) is 11.8 Å². The second-order valence-corrected chi connectivity index (χ2v) is 4.33. The fourth-order valence-electron chi connectivity index (χ4n) is 2.18. The molecule has 1 saturated heterocycles. The van der Waals surface area contributed by atoms with Gasteiger partial charge in [-0.05, 0) is 31.8 Å². The maximum absolute atomic E-state index is 10.4. The zero-order valence-corrected chi connectivity index (χ0v) is 8.66. The fraction of sp³-hybridized carbons (Fsp3) is 0.818. The van der Waals surface area contributed by atoms with Crippen LogP contribution in [0.3, 0.4) is 0 Å². The Hall–Kier alpha value is -0.540. The summed E-state index contributed by atoms with van der Waals surface area (Å²) in [6.45, 7) is 4.10. The molecule has 0 aromatic rings. The van der Waals surface area contributed by atoms with Gasteiger partial charge in [0.15, 0.2) is 0 Å². The molecule has 2 atom stereocenters. The fourth-order valence-corrected chi connectivity index (χ4v) is 2.18. The Labute approximate surface area is 84.7 Å². The Morgan fingerprint density at radius 3 is 2.93 bits per heavy atom. The molecule has 0 aliphatic carbocycles. The Balaban J connectivity index is 2.08. The lowest BCUT2D eigenvalue weighted by Crippen LogP contribution is -2.38. The summed E-state index contributed by atoms with van der Waals surface area (Å²) in [4.78, 5) is 0. The Morgan fingerprint density at radius 1 is 1.50 bits per heavy atom. The van der Waals surface area contributed by atoms with Crippen LogP contribution in [0.4, 0.5) is 0 Å². The van der Waals surface area contributed by atoms with Crippen molar-refractivity contribution in [3.8, 4) is 0 Å². The standard InChI is InChI=1S/C11H18O3/c1-11(12,10-4-6-14-8-10)9-3-2-5-13-7-9/h7,10,12H,2-6,8H2,1H3. The molecule has 0 radical (unpaired) electrons. The molecule has 3 heteroatoms. The molecule has 1 N–H and O–H groups in total. The van der Waals surface area contributed by atoms with Crippen molar-refractivity contribution in [2.45, 2.75) is 31.8 Å². The Kier molecular flexibility index (Phi) is 2.79. The highest BCUT2D eigenvalue weighted by atomic mass is 16.5. The second kappa shape index (κ2) is 3.91. The number of hydrogen-bond acceptors (Lipinski definition) is 3. The molecule has 0 amide bonds. The van der Waals surface area contributed by atoms with Gasteiger partial charge in [0.1, 0.15) is 0 Å². The Morgan fingerprint density at radius 2 is 2.36 bits per heavy atom. The van der Waals surface area contributed by atoms with Gasteiger partial charge in [-0.15, -0.1) is 0 Å². The first-order valence-corrected chi connectivity index (χ1v) is 5.32. The summed E-state index contributed by atoms with van der Waals surface area (Å²) in [7, 11) is 0. The summed E-state index contributed by atoms with van der Waals surface area (Å²) in [5, 5.41) is 10.4. The van der Waals surface area contributed by atoms with E-state index < -0.39 is 5.60 Å². The zero-order chi connectivity index (χ0) is 10.0. The van der Waals surface area contributed by atoms with Crippen molar-refractivity contribution in [1.82, 2.24) is 0 Å². The van der Waals surface area contributed by atoms with Crippen LogP contribution in [-0.2, 0) is 9.47 Å². The van der Waals surface area contributed by atoms with E-state index in [1.807, 2.05) is 6.92 Å². The van der Waals surface area contributed by atoms with Crippen molar-refractivity contribution >= 4 is 0 Å². The number of aliphatic hydroxyl groups is 1. The summed E-state index contributed by atoms with van der Waals surface area (Å²) in [6, 6.07) is 0. The second-order valence-electron chi connectivity index (χ2n) is 4.33. The minimum Gasteiger partial charge on any atom is -0.501 e. The lowest BCUT2D eigenvalue weighted by atomic mass is 9.80. The van der Waals surface area contributed by atoms with Crippen LogP contribution in [0.2, 0.25) is 0 Å². The zero-order valence-electron chi connectivity index (χ0n) is 8.66. The summed E-state index contributed by atoms with van der Waals surface area (Å²) in [5.41, 5.74) is 0.288. The van der Waals surface area contributed by atoms with E-state index in [1.165, 1.54) is 0 Å². The third-order valence-electron chi connectivity index (χ3n) is 3.31. The van der Waals surface area contributed by atoms with Gasteiger partial charge < -0.3 is 14.6 Å². The van der Waals surface area contributed by atoms with Crippen LogP contribution in [0.15, 0.2) is 11.8 Å². The van der Waals surface area contributed by atoms with Crippen molar-refractivity contribution in [1.29, 1.82) is 0 Å². The van der Waals surface area contributed by atoms with Crippen LogP contribution in [0.1, 0.15) is 26.2 Å². The lowest BCUT2D eigenvalue weighted by molar-refractivity contribution is 0.0174. The predicted octanol–water partition coefficient (Wildman–Crippen LogP) is 1.47. The van der Waals surface area contributed by atoms with Gasteiger partial charge >= 0.3 is 0 Å². The molecule has 2 heterocycles. The maximum atomic E-state index is 10.4. The predicted molar refractivity (Wildman–Crippen MR) is 52.8 cm³/mol. The molecule has 0 spiro atoms. The summed E-state index contributed by atoms with van der Waals surface area (Å²) < 4.78 is 10.6. The molecular weight excluding hydrogens is 180 g/mol. The van der Waals surface area contributed by atoms with Gasteiger partial charge in [-0.2, -0.15) is 0 Å². The van der Waals surface area contributed by atoms with E-state index in [9.17, 15) is 5.11 Å². The van der Waals surface area contributed by atoms with Gasteiger partial charge in [0.2, 0.25) is 0 Å². The largest absolute Gasteiger partial charge is 0.501 e. The molecule has 80 valence electrons. The number of rotatable bonds is 2. The van der Waals surface area contributed by atoms with E-state index in [2.05, 4.69) is 0 Å². The van der Waals surface area contributed by atoms with E-state index in [0.717, 1.165) is 38.0 Å². The van der Waals surface area contributed by atoms with Crippen LogP contribution in [0, 0.1) is 5.92 Å². The summed E-state index contributed by atoms with van der Waals surface area (Å²) in [5.74, 6) is 0.232. The molecular formula is C11H18O3. The SMILES string of the molecule is CC(O)(C1=COCCC1)C1CCOC1. The van der Waals surface area contributed by atoms with Crippen LogP contribution in [-0.4, -0.2) is 30.5 Å². The van der Waals surface area contributed by atoms with Crippen LogP contribution >= 0.6 is 0 Å². The summed E-state index contributed by atoms with van der Waals surface area (Å²) >= 11 is 0. The normalized spacial score (nSPS) is 31.9. The lowest BCUT2D eigenvalue weighted by Gasteiger charge is -2.33. The van der Waals surface area contributed by atoms with Crippen molar-refractivity contribution in [3.63, 3.8) is 0 Å². The monoisotopic (exact) mass is 198 g/mol. The van der Waals surface area contributed by atoms with Crippen molar-refractivity contribution in [2.24, 2.45) is 5.92 Å². The van der Waals surface area contributed by atoms with Crippen LogP contribution in [0.5, 0.6) is 0 Å². The van der Waals surface area contributed by atoms with E-state index in [0.29, 0.717) is 6.61 Å². The third-order valence-corrected chi connectivity index (χ3v) is 3.31. The average Bonchev–Trinajstić information content (AvgIpc) is 2.72. The number of hydrogen-bond donors (Lipinski definition) is 1. The first kappa shape index (κ1) is 9.99. The Bertz CT molecular complexity index is 227. The molecule has 0 aromatic carbocycles. The quantitative estimate of drug-likeness (QED) is 0.730. The highest BCUT2D eigenvalue weighted by Crippen LogP contribution is 2.35. The topological polar surface area (TPSA) is 38.7 Å². The molecule has 1 fully saturated rings. The molecule has 0 aromatic heterocycles. The molecule has 0 saturated carbocycles. The van der Waals surface area contributed by atoms with E-state index in [-0.39, 0.29) is 5.92 Å². The smallest absolute Gasteiger partial charge is 0.0911 e. The number of ether oxygens (including phenoxy) is 2. The van der Waals surface area contributed by atoms with E-state index in [4.69, 9.17) is 9.47 Å². The highest BCUT2D eigenvalue weighted by Gasteiger charge is 2.38. The van der Waals surface area contributed by atoms with Crippen LogP contribution in [0.25, 0.3) is 0 Å². The minimum atomic E-state index is -0.739. The molecule has 2 unspecified atom stereocenters. The molecule has 0 bridgehead atoms. The molecule has 14 heavy (non-hydrogen) atoms. The van der Waals surface area contributed by atoms with E-state index >= 15 is 0 Å². The van der Waals surface area contributed by atoms with Gasteiger partial charge in [0, 0.05) is 12.5 Å². The average molecular weight is 198 g/mol. The summed E-state index contributed by atoms with van der Waals surface area (Å²) in [6.07, 6.45) is 4.64. The van der Waals surface area contributed by atoms with Gasteiger partial charge in [-0.1, -0.05) is 0 Å². The molecule has 2 rings (SSSR count). The van der Waals surface area contributed by atoms with Gasteiger partial charge in [-0.25, -0.2) is 0 Å². The van der Waals surface area contributed by atoms with Crippen molar-refractivity contribution < 1.29 is 14.6 Å². The van der Waals surface area contributed by atoms with Crippen molar-refractivity contribution in [2.75, 3.05) is 19.8 Å². The first-order chi connectivity index (χ1) is 6.71. The first-order valence-electron chi connectivity index (χ1n) is 5.32.